The average molecular weight is 303 g/mol. The monoisotopic (exact) mass is 302 g/mol. The highest BCUT2D eigenvalue weighted by Crippen LogP contribution is 2.39. The van der Waals surface area contributed by atoms with Gasteiger partial charge in [-0.2, -0.15) is 0 Å². The van der Waals surface area contributed by atoms with Crippen LogP contribution in [0, 0.1) is 12.3 Å². The Morgan fingerprint density at radius 3 is 2.58 bits per heavy atom. The minimum absolute atomic E-state index is 0. The average Bonchev–Trinajstić information content (AvgIpc) is 2.99. The van der Waals surface area contributed by atoms with Gasteiger partial charge in [0.05, 0.1) is 12.0 Å². The van der Waals surface area contributed by atoms with Crippen molar-refractivity contribution in [2.75, 3.05) is 13.6 Å². The van der Waals surface area contributed by atoms with Gasteiger partial charge >= 0.3 is 0 Å². The number of carbonyl (C=O) groups excluding carboxylic acids is 1. The molecule has 0 unspecified atom stereocenters. The minimum atomic E-state index is -0.278. The van der Waals surface area contributed by atoms with Gasteiger partial charge in [-0.3, -0.25) is 4.79 Å². The fourth-order valence-electron chi connectivity index (χ4n) is 2.82. The van der Waals surface area contributed by atoms with E-state index in [4.69, 9.17) is 5.73 Å². The second-order valence-electron chi connectivity index (χ2n) is 5.38. The predicted molar refractivity (Wildman–Crippen MR) is 82.7 cm³/mol. The second-order valence-corrected chi connectivity index (χ2v) is 6.38. The standard InChI is InChI=1S/C14H22N2OS.ClH/c1-11-5-8-18-12(11)9-16(2)13(17)14(10-15)6-3-4-7-14;/h5,8H,3-4,6-7,9-10,15H2,1-2H3;1H. The lowest BCUT2D eigenvalue weighted by Gasteiger charge is -2.31. The molecule has 0 aromatic carbocycles. The molecule has 1 heterocycles. The summed E-state index contributed by atoms with van der Waals surface area (Å²) >= 11 is 1.72. The maximum absolute atomic E-state index is 12.6. The maximum atomic E-state index is 12.6. The van der Waals surface area contributed by atoms with Gasteiger partial charge in [0.25, 0.3) is 0 Å². The van der Waals surface area contributed by atoms with Gasteiger partial charge in [0.2, 0.25) is 5.91 Å². The number of hydrogen-bond donors (Lipinski definition) is 1. The van der Waals surface area contributed by atoms with Crippen LogP contribution in [-0.4, -0.2) is 24.4 Å². The van der Waals surface area contributed by atoms with E-state index in [1.54, 1.807) is 11.3 Å². The summed E-state index contributed by atoms with van der Waals surface area (Å²) in [5.41, 5.74) is 6.86. The smallest absolute Gasteiger partial charge is 0.230 e. The molecule has 1 aliphatic carbocycles. The van der Waals surface area contributed by atoms with Gasteiger partial charge in [-0.15, -0.1) is 23.7 Å². The van der Waals surface area contributed by atoms with Crippen molar-refractivity contribution in [3.05, 3.63) is 21.9 Å². The Balaban J connectivity index is 0.00000180. The fourth-order valence-corrected chi connectivity index (χ4v) is 3.77. The molecule has 3 nitrogen and oxygen atoms in total. The predicted octanol–water partition coefficient (Wildman–Crippen LogP) is 2.96. The van der Waals surface area contributed by atoms with E-state index in [-0.39, 0.29) is 23.7 Å². The first-order chi connectivity index (χ1) is 8.59. The van der Waals surface area contributed by atoms with E-state index in [2.05, 4.69) is 18.4 Å². The quantitative estimate of drug-likeness (QED) is 0.929. The molecule has 5 heteroatoms. The lowest BCUT2D eigenvalue weighted by molar-refractivity contribution is -0.140. The van der Waals surface area contributed by atoms with Gasteiger partial charge in [-0.1, -0.05) is 12.8 Å². The molecular formula is C14H23ClN2OS. The molecule has 0 bridgehead atoms. The van der Waals surface area contributed by atoms with Crippen LogP contribution in [0.1, 0.15) is 36.1 Å². The summed E-state index contributed by atoms with van der Waals surface area (Å²) in [6.07, 6.45) is 4.18. The molecule has 0 spiro atoms. The van der Waals surface area contributed by atoms with Crippen LogP contribution in [0.15, 0.2) is 11.4 Å². The van der Waals surface area contributed by atoms with Gasteiger partial charge in [0.1, 0.15) is 0 Å². The molecule has 2 N–H and O–H groups in total. The summed E-state index contributed by atoms with van der Waals surface area (Å²) < 4.78 is 0. The summed E-state index contributed by atoms with van der Waals surface area (Å²) in [6, 6.07) is 2.10. The van der Waals surface area contributed by atoms with Gasteiger partial charge in [-0.05, 0) is 36.8 Å². The van der Waals surface area contributed by atoms with Crippen molar-refractivity contribution in [2.45, 2.75) is 39.2 Å². The molecule has 0 aliphatic heterocycles. The number of nitrogens with zero attached hydrogens (tertiary/aromatic N) is 1. The van der Waals surface area contributed by atoms with Gasteiger partial charge < -0.3 is 10.6 Å². The van der Waals surface area contributed by atoms with Crippen molar-refractivity contribution in [3.63, 3.8) is 0 Å². The Morgan fingerprint density at radius 2 is 2.11 bits per heavy atom. The van der Waals surface area contributed by atoms with Crippen molar-refractivity contribution in [1.29, 1.82) is 0 Å². The third kappa shape index (κ3) is 3.30. The van der Waals surface area contributed by atoms with Gasteiger partial charge in [0.15, 0.2) is 0 Å². The normalized spacial score (nSPS) is 17.0. The lowest BCUT2D eigenvalue weighted by atomic mass is 9.85. The van der Waals surface area contributed by atoms with E-state index in [1.807, 2.05) is 11.9 Å². The molecule has 1 fully saturated rings. The highest BCUT2D eigenvalue weighted by atomic mass is 35.5. The van der Waals surface area contributed by atoms with Crippen molar-refractivity contribution < 1.29 is 4.79 Å². The van der Waals surface area contributed by atoms with Gasteiger partial charge in [0, 0.05) is 18.5 Å². The molecular weight excluding hydrogens is 280 g/mol. The zero-order chi connectivity index (χ0) is 13.2. The number of carbonyl (C=O) groups is 1. The molecule has 1 aliphatic rings. The van der Waals surface area contributed by atoms with Crippen LogP contribution < -0.4 is 5.73 Å². The van der Waals surface area contributed by atoms with E-state index in [0.29, 0.717) is 13.1 Å². The number of amides is 1. The van der Waals surface area contributed by atoms with Crippen LogP contribution in [0.5, 0.6) is 0 Å². The summed E-state index contributed by atoms with van der Waals surface area (Å²) in [4.78, 5) is 15.7. The topological polar surface area (TPSA) is 46.3 Å². The number of nitrogens with two attached hydrogens (primary N) is 1. The molecule has 0 radical (unpaired) electrons. The molecule has 1 aromatic rings. The SMILES string of the molecule is Cc1ccsc1CN(C)C(=O)C1(CN)CCCC1.Cl. The zero-order valence-corrected chi connectivity index (χ0v) is 13.3. The van der Waals surface area contributed by atoms with Crippen molar-refractivity contribution in [1.82, 2.24) is 4.90 Å². The van der Waals surface area contributed by atoms with Crippen molar-refractivity contribution in [3.8, 4) is 0 Å². The molecule has 1 saturated carbocycles. The lowest BCUT2D eigenvalue weighted by Crippen LogP contribution is -2.44. The Bertz CT molecular complexity index is 427. The number of aryl methyl sites for hydroxylation is 1. The van der Waals surface area contributed by atoms with Crippen molar-refractivity contribution >= 4 is 29.7 Å². The van der Waals surface area contributed by atoms with E-state index < -0.39 is 0 Å². The Kier molecular flexibility index (Phi) is 5.83. The van der Waals surface area contributed by atoms with Crippen LogP contribution in [0.2, 0.25) is 0 Å². The van der Waals surface area contributed by atoms with Crippen molar-refractivity contribution in [2.24, 2.45) is 11.1 Å². The van der Waals surface area contributed by atoms with E-state index >= 15 is 0 Å². The maximum Gasteiger partial charge on any atom is 0.230 e. The molecule has 0 saturated heterocycles. The zero-order valence-electron chi connectivity index (χ0n) is 11.6. The van der Waals surface area contributed by atoms with E-state index in [0.717, 1.165) is 25.7 Å². The molecule has 0 atom stereocenters. The highest BCUT2D eigenvalue weighted by molar-refractivity contribution is 7.10. The summed E-state index contributed by atoms with van der Waals surface area (Å²) in [5, 5.41) is 2.08. The fraction of sp³-hybridized carbons (Fsp3) is 0.643. The van der Waals surface area contributed by atoms with Crippen LogP contribution >= 0.6 is 23.7 Å². The van der Waals surface area contributed by atoms with Gasteiger partial charge in [-0.25, -0.2) is 0 Å². The summed E-state index contributed by atoms with van der Waals surface area (Å²) in [6.45, 7) is 3.29. The van der Waals surface area contributed by atoms with Crippen LogP contribution in [-0.2, 0) is 11.3 Å². The molecule has 1 aromatic heterocycles. The second kappa shape index (κ2) is 6.73. The molecule has 108 valence electrons. The first-order valence-electron chi connectivity index (χ1n) is 6.58. The largest absolute Gasteiger partial charge is 0.340 e. The molecule has 1 amide bonds. The molecule has 2 rings (SSSR count). The first kappa shape index (κ1) is 16.5. The summed E-state index contributed by atoms with van der Waals surface area (Å²) in [5.74, 6) is 0.232. The van der Waals surface area contributed by atoms with Crippen LogP contribution in [0.25, 0.3) is 0 Å². The van der Waals surface area contributed by atoms with E-state index in [9.17, 15) is 4.79 Å². The number of thiophene rings is 1. The Labute approximate surface area is 125 Å². The Morgan fingerprint density at radius 1 is 1.47 bits per heavy atom. The highest BCUT2D eigenvalue weighted by Gasteiger charge is 2.41. The number of halogens is 1. The first-order valence-corrected chi connectivity index (χ1v) is 7.46. The van der Waals surface area contributed by atoms with Crippen LogP contribution in [0.4, 0.5) is 0 Å². The van der Waals surface area contributed by atoms with E-state index in [1.165, 1.54) is 10.4 Å². The Hall–Kier alpha value is -0.580. The number of rotatable bonds is 4. The third-order valence-corrected chi connectivity index (χ3v) is 5.11. The minimum Gasteiger partial charge on any atom is -0.340 e. The molecule has 19 heavy (non-hydrogen) atoms. The number of hydrogen-bond acceptors (Lipinski definition) is 3. The van der Waals surface area contributed by atoms with Crippen LogP contribution in [0.3, 0.4) is 0 Å². The third-order valence-electron chi connectivity index (χ3n) is 4.10. The summed E-state index contributed by atoms with van der Waals surface area (Å²) in [7, 11) is 1.90.